The molecule has 3 atom stereocenters. The maximum absolute atomic E-state index is 12.4. The molecule has 0 unspecified atom stereocenters. The molecule has 2 N–H and O–H groups in total. The van der Waals surface area contributed by atoms with Gasteiger partial charge in [0.15, 0.2) is 0 Å². The van der Waals surface area contributed by atoms with Gasteiger partial charge in [-0.05, 0) is 38.8 Å². The first-order chi connectivity index (χ1) is 11.1. The number of nitrogens with one attached hydrogen (secondary N) is 1. The van der Waals surface area contributed by atoms with Crippen molar-refractivity contribution in [2.24, 2.45) is 0 Å². The van der Waals surface area contributed by atoms with E-state index in [0.717, 1.165) is 0 Å². The summed E-state index contributed by atoms with van der Waals surface area (Å²) >= 11 is 0. The number of aliphatic hydroxyl groups excluding tert-OH is 1. The van der Waals surface area contributed by atoms with Crippen molar-refractivity contribution in [3.63, 3.8) is 0 Å². The van der Waals surface area contributed by atoms with E-state index in [4.69, 9.17) is 9.26 Å². The fraction of sp³-hybridized carbons (Fsp3) is 0.412. The predicted octanol–water partition coefficient (Wildman–Crippen LogP) is 1.99. The van der Waals surface area contributed by atoms with Crippen molar-refractivity contribution in [2.45, 2.75) is 44.9 Å². The lowest BCUT2D eigenvalue weighted by Crippen LogP contribution is -2.44. The average Bonchev–Trinajstić information content (AvgIpc) is 3.05. The zero-order valence-corrected chi connectivity index (χ0v) is 13.2. The molecule has 6 nitrogen and oxygen atoms in total. The molecule has 1 aromatic carbocycles. The second-order valence-corrected chi connectivity index (χ2v) is 5.82. The van der Waals surface area contributed by atoms with Crippen LogP contribution in [0.4, 0.5) is 0 Å². The molecule has 0 aliphatic heterocycles. The number of amides is 1. The summed E-state index contributed by atoms with van der Waals surface area (Å²) in [6.45, 7) is 3.42. The molecule has 1 aliphatic carbocycles. The number of hydrogen-bond donors (Lipinski definition) is 2. The number of aromatic nitrogens is 1. The number of nitrogens with zero attached hydrogens (tertiary/aromatic N) is 1. The van der Waals surface area contributed by atoms with Crippen LogP contribution in [-0.4, -0.2) is 34.4 Å². The Morgan fingerprint density at radius 1 is 1.30 bits per heavy atom. The Bertz CT molecular complexity index is 664. The van der Waals surface area contributed by atoms with E-state index in [1.54, 1.807) is 13.8 Å². The van der Waals surface area contributed by atoms with Gasteiger partial charge in [0.05, 0.1) is 11.7 Å². The van der Waals surface area contributed by atoms with Gasteiger partial charge in [-0.1, -0.05) is 23.4 Å². The Balaban J connectivity index is 1.63. The van der Waals surface area contributed by atoms with Crippen LogP contribution in [0.2, 0.25) is 0 Å². The summed E-state index contributed by atoms with van der Waals surface area (Å²) < 4.78 is 10.8. The number of hydrogen-bond acceptors (Lipinski definition) is 5. The van der Waals surface area contributed by atoms with E-state index in [2.05, 4.69) is 10.5 Å². The van der Waals surface area contributed by atoms with Crippen LogP contribution in [0.15, 0.2) is 34.9 Å². The Kier molecular flexibility index (Phi) is 4.34. The molecule has 0 bridgehead atoms. The van der Waals surface area contributed by atoms with Gasteiger partial charge in [0.25, 0.3) is 5.91 Å². The standard InChI is InChI=1S/C17H20N2O4/c1-10-15(11(2)23-19-10)17(21)18-13-8-9-14(16(13)20)22-12-6-4-3-5-7-12/h3-7,13-14,16,20H,8-9H2,1-2H3,(H,18,21)/t13-,14-,16-/m1/s1. The van der Waals surface area contributed by atoms with E-state index in [9.17, 15) is 9.90 Å². The number of aliphatic hydroxyl groups is 1. The van der Waals surface area contributed by atoms with Crippen molar-refractivity contribution >= 4 is 5.91 Å². The van der Waals surface area contributed by atoms with Crippen LogP contribution in [0.25, 0.3) is 0 Å². The first kappa shape index (κ1) is 15.6. The summed E-state index contributed by atoms with van der Waals surface area (Å²) in [6.07, 6.45) is 0.267. The van der Waals surface area contributed by atoms with E-state index in [-0.39, 0.29) is 18.1 Å². The lowest BCUT2D eigenvalue weighted by molar-refractivity contribution is 0.0434. The number of benzene rings is 1. The summed E-state index contributed by atoms with van der Waals surface area (Å²) in [5.41, 5.74) is 0.981. The van der Waals surface area contributed by atoms with Crippen LogP contribution >= 0.6 is 0 Å². The van der Waals surface area contributed by atoms with Crippen LogP contribution in [0, 0.1) is 13.8 Å². The van der Waals surface area contributed by atoms with Gasteiger partial charge in [-0.2, -0.15) is 0 Å². The molecule has 1 amide bonds. The summed E-state index contributed by atoms with van der Waals surface area (Å²) in [5.74, 6) is 0.921. The van der Waals surface area contributed by atoms with Crippen molar-refractivity contribution in [3.05, 3.63) is 47.3 Å². The molecule has 0 spiro atoms. The maximum atomic E-state index is 12.4. The van der Waals surface area contributed by atoms with Gasteiger partial charge in [-0.3, -0.25) is 4.79 Å². The average molecular weight is 316 g/mol. The number of ether oxygens (including phenoxy) is 1. The minimum atomic E-state index is -0.750. The summed E-state index contributed by atoms with van der Waals surface area (Å²) in [5, 5.41) is 17.1. The van der Waals surface area contributed by atoms with Crippen LogP contribution < -0.4 is 10.1 Å². The first-order valence-corrected chi connectivity index (χ1v) is 7.69. The minimum Gasteiger partial charge on any atom is -0.488 e. The zero-order valence-electron chi connectivity index (χ0n) is 13.2. The Labute approximate surface area is 134 Å². The number of carbonyl (C=O) groups excluding carboxylic acids is 1. The number of carbonyl (C=O) groups is 1. The van der Waals surface area contributed by atoms with E-state index in [1.807, 2.05) is 30.3 Å². The third-order valence-electron chi connectivity index (χ3n) is 4.16. The van der Waals surface area contributed by atoms with Gasteiger partial charge < -0.3 is 19.7 Å². The van der Waals surface area contributed by atoms with Gasteiger partial charge >= 0.3 is 0 Å². The van der Waals surface area contributed by atoms with E-state index in [0.29, 0.717) is 35.6 Å². The predicted molar refractivity (Wildman–Crippen MR) is 83.3 cm³/mol. The molecule has 1 aliphatic rings. The molecule has 1 heterocycles. The quantitative estimate of drug-likeness (QED) is 0.901. The Morgan fingerprint density at radius 2 is 2.04 bits per heavy atom. The van der Waals surface area contributed by atoms with Crippen LogP contribution in [0.1, 0.15) is 34.7 Å². The molecular weight excluding hydrogens is 296 g/mol. The Hall–Kier alpha value is -2.34. The molecule has 1 saturated carbocycles. The second-order valence-electron chi connectivity index (χ2n) is 5.82. The van der Waals surface area contributed by atoms with Crippen molar-refractivity contribution in [2.75, 3.05) is 0 Å². The van der Waals surface area contributed by atoms with Gasteiger partial charge in [0, 0.05) is 0 Å². The highest BCUT2D eigenvalue weighted by Gasteiger charge is 2.38. The van der Waals surface area contributed by atoms with Gasteiger partial charge in [-0.25, -0.2) is 0 Å². The SMILES string of the molecule is Cc1noc(C)c1C(=O)N[C@@H]1CC[C@@H](Oc2ccccc2)[C@@H]1O. The maximum Gasteiger partial charge on any atom is 0.257 e. The van der Waals surface area contributed by atoms with Crippen LogP contribution in [-0.2, 0) is 0 Å². The summed E-state index contributed by atoms with van der Waals surface area (Å²) in [6, 6.07) is 9.03. The molecule has 0 radical (unpaired) electrons. The normalized spacial score (nSPS) is 23.7. The molecule has 122 valence electrons. The van der Waals surface area contributed by atoms with Crippen molar-refractivity contribution in [3.8, 4) is 5.75 Å². The zero-order chi connectivity index (χ0) is 16.4. The fourth-order valence-corrected chi connectivity index (χ4v) is 2.95. The lowest BCUT2D eigenvalue weighted by Gasteiger charge is -2.21. The molecule has 1 fully saturated rings. The summed E-state index contributed by atoms with van der Waals surface area (Å²) in [7, 11) is 0. The first-order valence-electron chi connectivity index (χ1n) is 7.69. The van der Waals surface area contributed by atoms with Crippen molar-refractivity contribution < 1.29 is 19.2 Å². The van der Waals surface area contributed by atoms with Crippen LogP contribution in [0.5, 0.6) is 5.75 Å². The number of aryl methyl sites for hydroxylation is 2. The monoisotopic (exact) mass is 316 g/mol. The van der Waals surface area contributed by atoms with Gasteiger partial charge in [0.1, 0.15) is 29.3 Å². The van der Waals surface area contributed by atoms with Gasteiger partial charge in [-0.15, -0.1) is 0 Å². The molecule has 1 aromatic heterocycles. The largest absolute Gasteiger partial charge is 0.488 e. The van der Waals surface area contributed by atoms with E-state index in [1.165, 1.54) is 0 Å². The molecule has 0 saturated heterocycles. The third-order valence-corrected chi connectivity index (χ3v) is 4.16. The molecular formula is C17H20N2O4. The number of rotatable bonds is 4. The lowest BCUT2D eigenvalue weighted by atomic mass is 10.1. The van der Waals surface area contributed by atoms with E-state index < -0.39 is 6.10 Å². The highest BCUT2D eigenvalue weighted by Crippen LogP contribution is 2.26. The third kappa shape index (κ3) is 3.22. The molecule has 6 heteroatoms. The van der Waals surface area contributed by atoms with E-state index >= 15 is 0 Å². The highest BCUT2D eigenvalue weighted by atomic mass is 16.5. The van der Waals surface area contributed by atoms with Crippen molar-refractivity contribution in [1.82, 2.24) is 10.5 Å². The minimum absolute atomic E-state index is 0.273. The smallest absolute Gasteiger partial charge is 0.257 e. The second kappa shape index (κ2) is 6.42. The molecule has 3 rings (SSSR count). The highest BCUT2D eigenvalue weighted by molar-refractivity contribution is 5.96. The van der Waals surface area contributed by atoms with Crippen molar-refractivity contribution in [1.29, 1.82) is 0 Å². The summed E-state index contributed by atoms with van der Waals surface area (Å²) in [4.78, 5) is 12.4. The molecule has 23 heavy (non-hydrogen) atoms. The molecule has 2 aromatic rings. The van der Waals surface area contributed by atoms with Crippen LogP contribution in [0.3, 0.4) is 0 Å². The fourth-order valence-electron chi connectivity index (χ4n) is 2.95. The number of para-hydroxylation sites is 1. The topological polar surface area (TPSA) is 84.6 Å². The van der Waals surface area contributed by atoms with Gasteiger partial charge in [0.2, 0.25) is 0 Å². The Morgan fingerprint density at radius 3 is 2.70 bits per heavy atom.